The van der Waals surface area contributed by atoms with Gasteiger partial charge in [-0.05, 0) is 6.42 Å². The monoisotopic (exact) mass is 221 g/mol. The zero-order chi connectivity index (χ0) is 11.5. The summed E-state index contributed by atoms with van der Waals surface area (Å²) in [5, 5.41) is 2.32. The summed E-state index contributed by atoms with van der Waals surface area (Å²) in [5.74, 6) is -0.397. The van der Waals surface area contributed by atoms with E-state index in [4.69, 9.17) is 0 Å². The van der Waals surface area contributed by atoms with E-state index < -0.39 is 0 Å². The van der Waals surface area contributed by atoms with Crippen LogP contribution in [0.15, 0.2) is 12.5 Å². The van der Waals surface area contributed by atoms with Crippen molar-refractivity contribution in [2.24, 2.45) is 0 Å². The van der Waals surface area contributed by atoms with Crippen molar-refractivity contribution in [1.82, 2.24) is 14.9 Å². The number of carbonyl (C=O) groups is 2. The van der Waals surface area contributed by atoms with E-state index in [1.165, 1.54) is 0 Å². The molecule has 2 rings (SSSR count). The smallest absolute Gasteiger partial charge is 0.227 e. The first-order chi connectivity index (χ1) is 7.70. The molecule has 1 N–H and O–H groups in total. The zero-order valence-corrected chi connectivity index (χ0v) is 9.27. The van der Waals surface area contributed by atoms with Gasteiger partial charge in [0.15, 0.2) is 0 Å². The Bertz CT molecular complexity index is 395. The molecule has 0 unspecified atom stereocenters. The molecule has 1 saturated heterocycles. The lowest BCUT2D eigenvalue weighted by molar-refractivity contribution is -0.133. The summed E-state index contributed by atoms with van der Waals surface area (Å²) < 4.78 is 2.02. The SMILES string of the molecule is CCCn1cncc1C1CC(=O)NC(=O)C1. The first-order valence-electron chi connectivity index (χ1n) is 5.53. The largest absolute Gasteiger partial charge is 0.334 e. The molecule has 1 aromatic heterocycles. The average Bonchev–Trinajstić information content (AvgIpc) is 2.65. The number of aryl methyl sites for hydroxylation is 1. The van der Waals surface area contributed by atoms with Crippen molar-refractivity contribution in [2.45, 2.75) is 38.6 Å². The van der Waals surface area contributed by atoms with Crippen LogP contribution in [-0.2, 0) is 16.1 Å². The molecule has 0 aromatic carbocycles. The van der Waals surface area contributed by atoms with Crippen LogP contribution >= 0.6 is 0 Å². The Morgan fingerprint density at radius 2 is 2.12 bits per heavy atom. The van der Waals surface area contributed by atoms with Gasteiger partial charge in [-0.25, -0.2) is 4.98 Å². The molecule has 5 heteroatoms. The minimum atomic E-state index is -0.189. The van der Waals surface area contributed by atoms with Gasteiger partial charge in [0.25, 0.3) is 0 Å². The third-order valence-electron chi connectivity index (χ3n) is 2.77. The van der Waals surface area contributed by atoms with Gasteiger partial charge in [0.2, 0.25) is 11.8 Å². The molecule has 5 nitrogen and oxygen atoms in total. The van der Waals surface area contributed by atoms with E-state index in [-0.39, 0.29) is 17.7 Å². The number of piperidine rings is 1. The maximum atomic E-state index is 11.3. The van der Waals surface area contributed by atoms with E-state index in [2.05, 4.69) is 17.2 Å². The van der Waals surface area contributed by atoms with Crippen LogP contribution in [0.3, 0.4) is 0 Å². The fourth-order valence-corrected chi connectivity index (χ4v) is 2.09. The highest BCUT2D eigenvalue weighted by molar-refractivity contribution is 5.98. The summed E-state index contributed by atoms with van der Waals surface area (Å²) in [4.78, 5) is 26.7. The molecule has 0 bridgehead atoms. The Labute approximate surface area is 93.9 Å². The van der Waals surface area contributed by atoms with E-state index in [0.717, 1.165) is 18.7 Å². The number of aromatic nitrogens is 2. The zero-order valence-electron chi connectivity index (χ0n) is 9.27. The highest BCUT2D eigenvalue weighted by Crippen LogP contribution is 2.25. The first-order valence-corrected chi connectivity index (χ1v) is 5.53. The van der Waals surface area contributed by atoms with E-state index >= 15 is 0 Å². The van der Waals surface area contributed by atoms with Gasteiger partial charge in [-0.15, -0.1) is 0 Å². The quantitative estimate of drug-likeness (QED) is 0.768. The topological polar surface area (TPSA) is 64.0 Å². The second-order valence-electron chi connectivity index (χ2n) is 4.09. The number of nitrogens with one attached hydrogen (secondary N) is 1. The number of imide groups is 1. The van der Waals surface area contributed by atoms with Crippen LogP contribution in [0.4, 0.5) is 0 Å². The van der Waals surface area contributed by atoms with Crippen molar-refractivity contribution in [3.63, 3.8) is 0 Å². The van der Waals surface area contributed by atoms with Gasteiger partial charge in [-0.2, -0.15) is 0 Å². The van der Waals surface area contributed by atoms with E-state index in [0.29, 0.717) is 12.8 Å². The van der Waals surface area contributed by atoms with Crippen molar-refractivity contribution in [3.05, 3.63) is 18.2 Å². The molecule has 0 aliphatic carbocycles. The highest BCUT2D eigenvalue weighted by Gasteiger charge is 2.28. The number of carbonyl (C=O) groups excluding carboxylic acids is 2. The molecule has 1 fully saturated rings. The minimum Gasteiger partial charge on any atom is -0.334 e. The van der Waals surface area contributed by atoms with Gasteiger partial charge >= 0.3 is 0 Å². The molecular formula is C11H15N3O2. The number of imidazole rings is 1. The summed E-state index contributed by atoms with van der Waals surface area (Å²) in [5.41, 5.74) is 0.991. The molecule has 2 heterocycles. The number of rotatable bonds is 3. The summed E-state index contributed by atoms with van der Waals surface area (Å²) in [7, 11) is 0. The molecule has 0 radical (unpaired) electrons. The molecule has 0 saturated carbocycles. The summed E-state index contributed by atoms with van der Waals surface area (Å²) in [6, 6.07) is 0. The molecule has 1 aliphatic heterocycles. The minimum absolute atomic E-state index is 0.0182. The van der Waals surface area contributed by atoms with Gasteiger partial charge in [0, 0.05) is 37.2 Å². The Morgan fingerprint density at radius 3 is 2.75 bits per heavy atom. The summed E-state index contributed by atoms with van der Waals surface area (Å²) in [6.45, 7) is 2.96. The normalized spacial score (nSPS) is 17.6. The number of amides is 2. The lowest BCUT2D eigenvalue weighted by atomic mass is 9.94. The van der Waals surface area contributed by atoms with Crippen LogP contribution in [0, 0.1) is 0 Å². The Morgan fingerprint density at radius 1 is 1.44 bits per heavy atom. The van der Waals surface area contributed by atoms with Gasteiger partial charge in [0.05, 0.1) is 6.33 Å². The third-order valence-corrected chi connectivity index (χ3v) is 2.77. The predicted octanol–water partition coefficient (Wildman–Crippen LogP) is 0.813. The molecule has 1 aliphatic rings. The van der Waals surface area contributed by atoms with E-state index in [9.17, 15) is 9.59 Å². The maximum Gasteiger partial charge on any atom is 0.227 e. The second kappa shape index (κ2) is 4.47. The van der Waals surface area contributed by atoms with Gasteiger partial charge in [-0.3, -0.25) is 14.9 Å². The first kappa shape index (κ1) is 10.9. The van der Waals surface area contributed by atoms with Crippen molar-refractivity contribution in [2.75, 3.05) is 0 Å². The molecule has 2 amide bonds. The number of nitrogens with zero attached hydrogens (tertiary/aromatic N) is 2. The highest BCUT2D eigenvalue weighted by atomic mass is 16.2. The van der Waals surface area contributed by atoms with Crippen LogP contribution < -0.4 is 5.32 Å². The van der Waals surface area contributed by atoms with Gasteiger partial charge < -0.3 is 4.57 Å². The number of hydrogen-bond acceptors (Lipinski definition) is 3. The maximum absolute atomic E-state index is 11.3. The Hall–Kier alpha value is -1.65. The lowest BCUT2D eigenvalue weighted by Crippen LogP contribution is -2.38. The number of hydrogen-bond donors (Lipinski definition) is 1. The fourth-order valence-electron chi connectivity index (χ4n) is 2.09. The Kier molecular flexibility index (Phi) is 3.03. The van der Waals surface area contributed by atoms with Crippen LogP contribution in [0.5, 0.6) is 0 Å². The molecule has 86 valence electrons. The summed E-state index contributed by atoms with van der Waals surface area (Å²) >= 11 is 0. The van der Waals surface area contributed by atoms with Crippen molar-refractivity contribution < 1.29 is 9.59 Å². The predicted molar refractivity (Wildman–Crippen MR) is 57.6 cm³/mol. The average molecular weight is 221 g/mol. The van der Waals surface area contributed by atoms with Crippen molar-refractivity contribution in [3.8, 4) is 0 Å². The molecule has 0 spiro atoms. The van der Waals surface area contributed by atoms with Crippen LogP contribution in [-0.4, -0.2) is 21.4 Å². The van der Waals surface area contributed by atoms with Crippen LogP contribution in [0.2, 0.25) is 0 Å². The molecule has 16 heavy (non-hydrogen) atoms. The van der Waals surface area contributed by atoms with Gasteiger partial charge in [-0.1, -0.05) is 6.92 Å². The molecule has 1 aromatic rings. The summed E-state index contributed by atoms with van der Waals surface area (Å²) in [6.07, 6.45) is 5.28. The third kappa shape index (κ3) is 2.13. The Balaban J connectivity index is 2.19. The van der Waals surface area contributed by atoms with Crippen LogP contribution in [0.1, 0.15) is 37.8 Å². The standard InChI is InChI=1S/C11H15N3O2/c1-2-3-14-7-12-6-9(14)8-4-10(15)13-11(16)5-8/h6-8H,2-5H2,1H3,(H,13,15,16). The van der Waals surface area contributed by atoms with Gasteiger partial charge in [0.1, 0.15) is 0 Å². The van der Waals surface area contributed by atoms with Crippen LogP contribution in [0.25, 0.3) is 0 Å². The van der Waals surface area contributed by atoms with E-state index in [1.807, 2.05) is 4.57 Å². The van der Waals surface area contributed by atoms with E-state index in [1.54, 1.807) is 12.5 Å². The fraction of sp³-hybridized carbons (Fsp3) is 0.545. The lowest BCUT2D eigenvalue weighted by Gasteiger charge is -2.21. The van der Waals surface area contributed by atoms with Crippen molar-refractivity contribution >= 4 is 11.8 Å². The second-order valence-corrected chi connectivity index (χ2v) is 4.09. The van der Waals surface area contributed by atoms with Crippen molar-refractivity contribution in [1.29, 1.82) is 0 Å². The molecule has 0 atom stereocenters. The molecular weight excluding hydrogens is 206 g/mol.